The van der Waals surface area contributed by atoms with Gasteiger partial charge in [-0.2, -0.15) is 17.5 Å². The van der Waals surface area contributed by atoms with E-state index in [-0.39, 0.29) is 10.8 Å². The molecular formula is C20H27F5N4O3S2. The van der Waals surface area contributed by atoms with E-state index in [9.17, 15) is 35.2 Å². The van der Waals surface area contributed by atoms with Gasteiger partial charge in [-0.1, -0.05) is 0 Å². The van der Waals surface area contributed by atoms with E-state index in [4.69, 9.17) is 0 Å². The molecule has 14 heteroatoms. The number of hydrogen-bond donors (Lipinski definition) is 0. The van der Waals surface area contributed by atoms with Gasteiger partial charge in [-0.05, 0) is 44.4 Å². The third-order valence-corrected chi connectivity index (χ3v) is 8.26. The van der Waals surface area contributed by atoms with Crippen LogP contribution in [0.3, 0.4) is 0 Å². The van der Waals surface area contributed by atoms with Gasteiger partial charge in [0.25, 0.3) is 0 Å². The number of rotatable bonds is 7. The van der Waals surface area contributed by atoms with Crippen molar-refractivity contribution >= 4 is 33.5 Å². The van der Waals surface area contributed by atoms with Crippen LogP contribution in [0, 0.1) is 5.82 Å². The molecule has 1 aliphatic heterocycles. The molecule has 0 N–H and O–H groups in total. The normalized spacial score (nSPS) is 23.1. The van der Waals surface area contributed by atoms with Gasteiger partial charge < -0.3 is 9.80 Å². The predicted octanol–water partition coefficient (Wildman–Crippen LogP) is 3.33. The fourth-order valence-corrected chi connectivity index (χ4v) is 6.26. The number of carbonyl (C=O) groups is 1. The van der Waals surface area contributed by atoms with Gasteiger partial charge in [0.1, 0.15) is 24.2 Å². The summed E-state index contributed by atoms with van der Waals surface area (Å²) in [5.41, 5.74) is 0. The van der Waals surface area contributed by atoms with Crippen molar-refractivity contribution in [2.24, 2.45) is 4.99 Å². The van der Waals surface area contributed by atoms with Crippen molar-refractivity contribution in [3.63, 3.8) is 0 Å². The Labute approximate surface area is 200 Å². The molecule has 0 aliphatic carbocycles. The van der Waals surface area contributed by atoms with E-state index in [1.54, 1.807) is 6.26 Å². The number of aliphatic imine (C=N–C) groups is 1. The molecule has 1 aromatic carbocycles. The monoisotopic (exact) mass is 530 g/mol. The molecule has 0 aromatic heterocycles. The average molecular weight is 531 g/mol. The zero-order chi connectivity index (χ0) is 26.0. The smallest absolute Gasteiger partial charge is 0.336 e. The molecule has 7 nitrogen and oxygen atoms in total. The molecule has 0 bridgehead atoms. The number of alkyl halides is 4. The first-order valence-electron chi connectivity index (χ1n) is 10.2. The predicted molar refractivity (Wildman–Crippen MR) is 120 cm³/mol. The van der Waals surface area contributed by atoms with Crippen LogP contribution in [0.25, 0.3) is 0 Å². The second kappa shape index (κ2) is 10.8. The lowest BCUT2D eigenvalue weighted by Gasteiger charge is -2.39. The Morgan fingerprint density at radius 2 is 1.85 bits per heavy atom. The first-order valence-corrected chi connectivity index (χ1v) is 13.0. The van der Waals surface area contributed by atoms with Gasteiger partial charge in [-0.15, -0.1) is 11.8 Å². The van der Waals surface area contributed by atoms with Gasteiger partial charge in [-0.3, -0.25) is 9.79 Å². The van der Waals surface area contributed by atoms with Gasteiger partial charge in [0.2, 0.25) is 21.8 Å². The summed E-state index contributed by atoms with van der Waals surface area (Å²) in [5, 5.41) is 0. The fraction of sp³-hybridized carbons (Fsp3) is 0.600. The number of hydrogen-bond acceptors (Lipinski definition) is 5. The maximum Gasteiger partial charge on any atom is 0.449 e. The summed E-state index contributed by atoms with van der Waals surface area (Å²) in [6.07, 6.45) is -6.49. The van der Waals surface area contributed by atoms with Crippen LogP contribution in [0.15, 0.2) is 34.2 Å². The molecule has 0 spiro atoms. The molecular weight excluding hydrogens is 503 g/mol. The van der Waals surface area contributed by atoms with Crippen LogP contribution in [0.5, 0.6) is 0 Å². The number of sulfonamides is 1. The summed E-state index contributed by atoms with van der Waals surface area (Å²) in [5.74, 6) is -2.82. The lowest BCUT2D eigenvalue weighted by Crippen LogP contribution is -2.57. The maximum absolute atomic E-state index is 14.7. The Kier molecular flexibility index (Phi) is 8.97. The first kappa shape index (κ1) is 28.3. The number of halogens is 5. The van der Waals surface area contributed by atoms with Crippen molar-refractivity contribution in [1.82, 2.24) is 14.1 Å². The largest absolute Gasteiger partial charge is 0.449 e. The van der Waals surface area contributed by atoms with Gasteiger partial charge in [0, 0.05) is 20.5 Å². The Morgan fingerprint density at radius 1 is 1.29 bits per heavy atom. The minimum absolute atomic E-state index is 0.0779. The second-order valence-electron chi connectivity index (χ2n) is 7.81. The highest BCUT2D eigenvalue weighted by Crippen LogP contribution is 2.35. The Bertz CT molecular complexity index is 1000. The van der Waals surface area contributed by atoms with E-state index >= 15 is 0 Å². The molecule has 2 rings (SSSR count). The summed E-state index contributed by atoms with van der Waals surface area (Å²) in [6, 6.07) is 1.17. The van der Waals surface area contributed by atoms with Crippen LogP contribution < -0.4 is 0 Å². The minimum Gasteiger partial charge on any atom is -0.336 e. The van der Waals surface area contributed by atoms with Gasteiger partial charge >= 0.3 is 6.18 Å². The number of thioether (sulfide) groups is 1. The second-order valence-corrected chi connectivity index (χ2v) is 10.5. The molecule has 34 heavy (non-hydrogen) atoms. The average Bonchev–Trinajstić information content (AvgIpc) is 3.05. The topological polar surface area (TPSA) is 73.3 Å². The number of amidine groups is 1. The molecule has 0 saturated carbocycles. The van der Waals surface area contributed by atoms with Crippen molar-refractivity contribution in [3.8, 4) is 0 Å². The summed E-state index contributed by atoms with van der Waals surface area (Å²) in [6.45, 7) is 2.65. The van der Waals surface area contributed by atoms with Crippen molar-refractivity contribution in [2.45, 2.75) is 55.8 Å². The third-order valence-electron chi connectivity index (χ3n) is 5.72. The van der Waals surface area contributed by atoms with Crippen LogP contribution in [-0.2, 0) is 14.8 Å². The lowest BCUT2D eigenvalue weighted by molar-refractivity contribution is -0.138. The molecule has 1 saturated heterocycles. The summed E-state index contributed by atoms with van der Waals surface area (Å²) in [4.78, 5) is 18.3. The van der Waals surface area contributed by atoms with Crippen molar-refractivity contribution in [2.75, 3.05) is 26.2 Å². The van der Waals surface area contributed by atoms with Crippen molar-refractivity contribution in [1.29, 1.82) is 0 Å². The van der Waals surface area contributed by atoms with E-state index in [1.165, 1.54) is 13.8 Å². The highest BCUT2D eigenvalue weighted by Gasteiger charge is 2.51. The van der Waals surface area contributed by atoms with E-state index in [0.717, 1.165) is 64.2 Å². The molecule has 0 radical (unpaired) electrons. The molecule has 1 aromatic rings. The van der Waals surface area contributed by atoms with Crippen LogP contribution in [0.2, 0.25) is 0 Å². The maximum atomic E-state index is 14.7. The summed E-state index contributed by atoms with van der Waals surface area (Å²) >= 11 is 1.13. The van der Waals surface area contributed by atoms with E-state index < -0.39 is 64.6 Å². The Morgan fingerprint density at radius 3 is 2.32 bits per heavy atom. The molecule has 1 unspecified atom stereocenters. The van der Waals surface area contributed by atoms with E-state index in [2.05, 4.69) is 4.99 Å². The summed E-state index contributed by atoms with van der Waals surface area (Å²) in [7, 11) is -2.33. The zero-order valence-corrected chi connectivity index (χ0v) is 20.9. The number of nitrogens with zero attached hydrogens (tertiary/aromatic N) is 4. The molecule has 4 atom stereocenters. The lowest BCUT2D eigenvalue weighted by atomic mass is 10.1. The SMILES string of the molecule is C/N=C(\N(C)C(C)N(CSC)C(=O)[C@@H]1C[C@@H](F)[C@H](C)N1S(=O)(=O)c1ccc(F)cc1)C(F)(F)F. The molecule has 1 fully saturated rings. The number of carbonyl (C=O) groups excluding carboxylic acids is 1. The third kappa shape index (κ3) is 5.65. The van der Waals surface area contributed by atoms with Crippen LogP contribution >= 0.6 is 11.8 Å². The minimum atomic E-state index is -4.78. The van der Waals surface area contributed by atoms with Crippen molar-refractivity contribution in [3.05, 3.63) is 30.1 Å². The van der Waals surface area contributed by atoms with Gasteiger partial charge in [0.05, 0.1) is 16.8 Å². The van der Waals surface area contributed by atoms with Crippen LogP contribution in [0.4, 0.5) is 22.0 Å². The highest BCUT2D eigenvalue weighted by molar-refractivity contribution is 7.98. The van der Waals surface area contributed by atoms with Gasteiger partial charge in [-0.25, -0.2) is 17.2 Å². The quantitative estimate of drug-likeness (QED) is 0.234. The first-order chi connectivity index (χ1) is 15.7. The Hall–Kier alpha value is -1.93. The number of benzene rings is 1. The standard InChI is InChI=1S/C20H27F5N4O3S2/c1-12-16(22)10-17(29(12)34(31,32)15-8-6-14(21)7-9-15)18(30)28(11-33-5)13(2)27(4)19(26-3)20(23,24)25/h6-9,12-13,16-17H,10-11H2,1-5H3/b26-19-/t12-,13?,16+,17-/m0/s1. The highest BCUT2D eigenvalue weighted by atomic mass is 32.2. The fourth-order valence-electron chi connectivity index (χ4n) is 3.84. The van der Waals surface area contributed by atoms with E-state index in [0.29, 0.717) is 0 Å². The summed E-state index contributed by atoms with van der Waals surface area (Å²) < 4.78 is 95.4. The molecule has 1 aliphatic rings. The molecule has 1 heterocycles. The van der Waals surface area contributed by atoms with Crippen LogP contribution in [0.1, 0.15) is 20.3 Å². The van der Waals surface area contributed by atoms with E-state index in [1.807, 2.05) is 0 Å². The van der Waals surface area contributed by atoms with Crippen LogP contribution in [-0.4, -0.2) is 91.1 Å². The molecule has 192 valence electrons. The number of amides is 1. The Balaban J connectivity index is 2.46. The molecule has 1 amide bonds. The zero-order valence-electron chi connectivity index (χ0n) is 19.3. The van der Waals surface area contributed by atoms with Crippen molar-refractivity contribution < 1.29 is 35.2 Å². The van der Waals surface area contributed by atoms with Gasteiger partial charge in [0.15, 0.2) is 0 Å².